The number of phenolic OH excluding ortho intramolecular Hbond substituents is 4. The smallest absolute Gasteiger partial charge is 0.265 e. The molecular weight excluding hydrogens is 1970 g/mol. The number of benzene rings is 11. The van der Waals surface area contributed by atoms with Gasteiger partial charge in [-0.15, -0.1) is 0 Å². The second-order valence-electron chi connectivity index (χ2n) is 29.0. The molecule has 39 heteroatoms. The van der Waals surface area contributed by atoms with Crippen LogP contribution < -0.4 is 42.0 Å². The molecule has 0 aliphatic heterocycles. The number of halogens is 11. The summed E-state index contributed by atoms with van der Waals surface area (Å²) >= 11 is 66.6. The number of sulfone groups is 3. The van der Waals surface area contributed by atoms with E-state index in [1.165, 1.54) is 109 Å². The van der Waals surface area contributed by atoms with Crippen LogP contribution in [-0.4, -0.2) is 109 Å². The molecule has 4 unspecified atom stereocenters. The fourth-order valence-corrected chi connectivity index (χ4v) is 19.7. The van der Waals surface area contributed by atoms with Crippen molar-refractivity contribution >= 4 is 238 Å². The monoisotopic (exact) mass is 2040 g/mol. The molecule has 0 radical (unpaired) electrons. The van der Waals surface area contributed by atoms with Crippen LogP contribution >= 0.6 is 128 Å². The van der Waals surface area contributed by atoms with Crippen LogP contribution in [0.2, 0.25) is 55.2 Å². The van der Waals surface area contributed by atoms with Crippen molar-refractivity contribution in [3.63, 3.8) is 0 Å². The molecule has 130 heavy (non-hydrogen) atoms. The first-order valence-electron chi connectivity index (χ1n) is 39.0. The highest BCUT2D eigenvalue weighted by atomic mass is 35.5. The second-order valence-corrected chi connectivity index (χ2v) is 39.8. The molecule has 0 aliphatic carbocycles. The summed E-state index contributed by atoms with van der Waals surface area (Å²) in [6.45, 7) is 17.5. The van der Waals surface area contributed by atoms with E-state index < -0.39 is 104 Å². The van der Waals surface area contributed by atoms with Gasteiger partial charge < -0.3 is 62.4 Å². The molecule has 0 saturated carbocycles. The Labute approximate surface area is 806 Å². The van der Waals surface area contributed by atoms with Gasteiger partial charge in [0, 0.05) is 34.3 Å². The van der Waals surface area contributed by atoms with E-state index in [2.05, 4.69) is 37.2 Å². The van der Waals surface area contributed by atoms with E-state index >= 15 is 0 Å². The number of phenols is 4. The van der Waals surface area contributed by atoms with Crippen LogP contribution in [0.1, 0.15) is 118 Å². The number of hydrogen-bond donors (Lipinski definition) is 11. The Morgan fingerprint density at radius 1 is 0.315 bits per heavy atom. The lowest BCUT2D eigenvalue weighted by Gasteiger charge is -2.20. The van der Waals surface area contributed by atoms with Crippen LogP contribution in [0.5, 0.6) is 28.7 Å². The molecule has 11 N–H and O–H groups in total. The molecule has 0 fully saturated rings. The Kier molecular flexibility index (Phi) is 37.4. The lowest BCUT2D eigenvalue weighted by Crippen LogP contribution is -2.34. The van der Waals surface area contributed by atoms with Crippen molar-refractivity contribution in [1.82, 2.24) is 0 Å². The van der Waals surface area contributed by atoms with Crippen molar-refractivity contribution in [1.29, 1.82) is 0 Å². The topological polar surface area (TPSA) is 396 Å². The van der Waals surface area contributed by atoms with Crippen molar-refractivity contribution in [2.24, 2.45) is 0 Å². The highest BCUT2D eigenvalue weighted by molar-refractivity contribution is 7.93. The van der Waals surface area contributed by atoms with Gasteiger partial charge in [-0.3, -0.25) is 33.6 Å². The summed E-state index contributed by atoms with van der Waals surface area (Å²) in [6, 6.07) is 46.1. The van der Waals surface area contributed by atoms with Gasteiger partial charge in [0.1, 0.15) is 38.7 Å². The minimum Gasteiger partial charge on any atom is -0.506 e. The number of nitrogens with one attached hydrogen (secondary N) is 7. The van der Waals surface area contributed by atoms with E-state index in [0.29, 0.717) is 22.8 Å². The van der Waals surface area contributed by atoms with Gasteiger partial charge in [0.15, 0.2) is 41.4 Å². The quantitative estimate of drug-likeness (QED) is 0.0224. The average molecular weight is 2050 g/mol. The molecule has 686 valence electrons. The number of ether oxygens (including phenoxy) is 1. The molecule has 0 bridgehead atoms. The van der Waals surface area contributed by atoms with Gasteiger partial charge in [-0.2, -0.15) is 0 Å². The highest BCUT2D eigenvalue weighted by Crippen LogP contribution is 2.42. The summed E-state index contributed by atoms with van der Waals surface area (Å²) in [4.78, 5) is 88.9. The van der Waals surface area contributed by atoms with Crippen molar-refractivity contribution in [2.45, 2.75) is 131 Å². The molecule has 0 aromatic heterocycles. The van der Waals surface area contributed by atoms with Crippen LogP contribution in [0, 0.1) is 41.5 Å². The first kappa shape index (κ1) is 105. The normalized spacial score (nSPS) is 12.1. The number of hydrogen-bond acceptors (Lipinski definition) is 18. The fraction of sp³-hybridized carbons (Fsp3) is 0.198. The zero-order valence-corrected chi connectivity index (χ0v) is 81.2. The van der Waals surface area contributed by atoms with Crippen LogP contribution in [0.15, 0.2) is 203 Å². The zero-order valence-electron chi connectivity index (χ0n) is 70.4. The highest BCUT2D eigenvalue weighted by Gasteiger charge is 2.37. The van der Waals surface area contributed by atoms with Gasteiger partial charge in [-0.25, -0.2) is 25.3 Å². The largest absolute Gasteiger partial charge is 0.506 e. The Morgan fingerprint density at radius 3 is 1.04 bits per heavy atom. The molecule has 7 amide bonds. The van der Waals surface area contributed by atoms with Gasteiger partial charge in [-0.05, 0) is 205 Å². The van der Waals surface area contributed by atoms with Crippen LogP contribution in [0.3, 0.4) is 0 Å². The van der Waals surface area contributed by atoms with Crippen molar-refractivity contribution in [2.75, 3.05) is 37.2 Å². The number of amides is 7. The third kappa shape index (κ3) is 26.8. The first-order valence-corrected chi connectivity index (χ1v) is 47.8. The maximum atomic E-state index is 13.1. The van der Waals surface area contributed by atoms with E-state index in [0.717, 1.165) is 46.0 Å². The van der Waals surface area contributed by atoms with Crippen molar-refractivity contribution in [3.05, 3.63) is 293 Å². The molecule has 0 spiro atoms. The third-order valence-corrected chi connectivity index (χ3v) is 29.9. The average Bonchev–Trinajstić information content (AvgIpc) is 0.798. The van der Waals surface area contributed by atoms with E-state index in [4.69, 9.17) is 132 Å². The molecule has 25 nitrogen and oxygen atoms in total. The molecule has 11 aromatic carbocycles. The Balaban J connectivity index is 0.000000216. The van der Waals surface area contributed by atoms with Gasteiger partial charge in [0.25, 0.3) is 23.6 Å². The summed E-state index contributed by atoms with van der Waals surface area (Å²) in [7, 11) is -11.9. The number of aromatic hydroxyl groups is 4. The number of rotatable bonds is 26. The minimum atomic E-state index is -3.98. The standard InChI is InChI=1S/3C24H21Cl3N2O5S.C19H21Cl2NO3/c1-3-22(35(33,34)15-7-4-13(2)5-8-15)24(32)28-19-12-21(30)20(11-18(19)27)29-23(31)14-6-9-16(25)17(26)10-14;1-3-21(35(33,34)14-7-4-6-13(2)10-14)23(31)28-18-12-20(30)19(11-17(18)27)29-24(32)22-15(25)8-5-9-16(22)26;1-3-22(35(33,34)15-6-4-5-13(2)9-15)24(32)28-19-12-21(30)20(11-18(19)27)29-23(31)14-7-8-16(25)17(26)10-14;1-5-15(25-16-7-6-10(2)8-11(16)3)19(24)22-14-9-13(20)12(4)17(21)18(14)23/h4-12,22,30H,3H2,1-2H3,(H,28,32)(H,29,31);4-12,21,30H,3H2,1-2H3,(H,28,31)(H,29,32);4-12,22,30H,3H2,1-2H3,(H,28,32)(H,29,31);6-9,15,23H,5H2,1-4H3,(H,22,24). The molecule has 11 aromatic rings. The summed E-state index contributed by atoms with van der Waals surface area (Å²) < 4.78 is 84.1. The summed E-state index contributed by atoms with van der Waals surface area (Å²) in [5.74, 6) is -5.41. The molecule has 0 saturated heterocycles. The number of aryl methyl sites for hydroxylation is 5. The van der Waals surface area contributed by atoms with Crippen LogP contribution in [0.4, 0.5) is 39.8 Å². The SMILES string of the molecule is CCC(C(=O)Nc1cc(O)c(NC(=O)c2c(Cl)cccc2Cl)cc1Cl)S(=O)(=O)c1cccc(C)c1.CCC(C(=O)Nc1cc(O)c(NC(=O)c2ccc(Cl)c(Cl)c2)cc1Cl)S(=O)(=O)c1ccc(C)cc1.CCC(C(=O)Nc1cc(O)c(NC(=O)c2ccc(Cl)c(Cl)c2)cc1Cl)S(=O)(=O)c1cccc(C)c1.CCC(Oc1ccc(C)cc1C)C(=O)Nc1cc(Cl)c(C)c(Cl)c1O. The zero-order chi connectivity index (χ0) is 96.5. The van der Waals surface area contributed by atoms with E-state index in [-0.39, 0.29) is 152 Å². The van der Waals surface area contributed by atoms with Crippen molar-refractivity contribution < 1.29 is 84.0 Å². The van der Waals surface area contributed by atoms with Crippen LogP contribution in [-0.2, 0) is 48.7 Å². The number of carbonyl (C=O) groups excluding carboxylic acids is 7. The Morgan fingerprint density at radius 2 is 0.669 bits per heavy atom. The third-order valence-electron chi connectivity index (χ3n) is 19.4. The van der Waals surface area contributed by atoms with E-state index in [1.807, 2.05) is 45.9 Å². The van der Waals surface area contributed by atoms with E-state index in [9.17, 15) is 79.2 Å². The Bertz CT molecular complexity index is 6540. The predicted molar refractivity (Wildman–Crippen MR) is 518 cm³/mol. The van der Waals surface area contributed by atoms with Crippen molar-refractivity contribution in [3.8, 4) is 28.7 Å². The minimum absolute atomic E-state index is 0.0101. The van der Waals surface area contributed by atoms with Gasteiger partial charge in [0.2, 0.25) is 17.7 Å². The molecule has 11 rings (SSSR count). The summed E-state index contributed by atoms with van der Waals surface area (Å²) in [6.07, 6.45) is -0.196. The summed E-state index contributed by atoms with van der Waals surface area (Å²) in [5.41, 5.74) is 5.39. The molecular formula is C91H84Cl11N7O18S3. The fourth-order valence-electron chi connectivity index (χ4n) is 12.3. The van der Waals surface area contributed by atoms with Gasteiger partial charge >= 0.3 is 0 Å². The predicted octanol–water partition coefficient (Wildman–Crippen LogP) is 23.7. The second kappa shape index (κ2) is 46.2. The lowest BCUT2D eigenvalue weighted by molar-refractivity contribution is -0.123. The molecule has 4 atom stereocenters. The van der Waals surface area contributed by atoms with Crippen LogP contribution in [0.25, 0.3) is 0 Å². The maximum Gasteiger partial charge on any atom is 0.265 e. The summed E-state index contributed by atoms with van der Waals surface area (Å²) in [5, 5.41) is 56.2. The first-order chi connectivity index (χ1) is 61.1. The number of anilines is 7. The molecule has 0 heterocycles. The van der Waals surface area contributed by atoms with Gasteiger partial charge in [-0.1, -0.05) is 221 Å². The number of carbonyl (C=O) groups is 7. The van der Waals surface area contributed by atoms with Gasteiger partial charge in [0.05, 0.1) is 110 Å². The maximum absolute atomic E-state index is 13.1. The lowest BCUT2D eigenvalue weighted by atomic mass is 10.1. The van der Waals surface area contributed by atoms with E-state index in [1.54, 1.807) is 84.0 Å². The Hall–Kier alpha value is -10.3. The molecule has 0 aliphatic rings.